The lowest BCUT2D eigenvalue weighted by Gasteiger charge is -2.37. The Morgan fingerprint density at radius 3 is 2.80 bits per heavy atom. The van der Waals surface area contributed by atoms with Gasteiger partial charge in [-0.15, -0.1) is 0 Å². The van der Waals surface area contributed by atoms with Crippen molar-refractivity contribution in [2.75, 3.05) is 19.6 Å². The molecule has 9 nitrogen and oxygen atoms in total. The van der Waals surface area contributed by atoms with Crippen LogP contribution in [-0.2, 0) is 22.6 Å². The maximum absolute atomic E-state index is 12.7. The summed E-state index contributed by atoms with van der Waals surface area (Å²) < 4.78 is 7.19. The Morgan fingerprint density at radius 2 is 2.03 bits per heavy atom. The number of piperidine rings is 1. The number of aromatic nitrogens is 3. The number of likely N-dealkylation sites (tertiary alicyclic amines) is 1. The summed E-state index contributed by atoms with van der Waals surface area (Å²) in [6.45, 7) is 1.88. The number of nitrogens with zero attached hydrogens (tertiary/aromatic N) is 4. The number of benzene rings is 1. The van der Waals surface area contributed by atoms with Gasteiger partial charge in [0.1, 0.15) is 11.3 Å². The van der Waals surface area contributed by atoms with Crippen molar-refractivity contribution in [1.29, 1.82) is 0 Å². The molecule has 0 aliphatic carbocycles. The molecule has 1 fully saturated rings. The Morgan fingerprint density at radius 1 is 1.23 bits per heavy atom. The predicted molar refractivity (Wildman–Crippen MR) is 108 cm³/mol. The smallest absolute Gasteiger partial charge is 0.252 e. The highest BCUT2D eigenvalue weighted by molar-refractivity contribution is 5.87. The van der Waals surface area contributed by atoms with Crippen LogP contribution in [0.15, 0.2) is 47.5 Å². The minimum absolute atomic E-state index is 0.0863. The molecule has 0 saturated carbocycles. The summed E-state index contributed by atoms with van der Waals surface area (Å²) >= 11 is 0. The van der Waals surface area contributed by atoms with E-state index in [2.05, 4.69) is 15.5 Å². The van der Waals surface area contributed by atoms with E-state index in [0.29, 0.717) is 30.9 Å². The van der Waals surface area contributed by atoms with E-state index in [0.717, 1.165) is 18.4 Å². The lowest BCUT2D eigenvalue weighted by molar-refractivity contribution is -0.149. The highest BCUT2D eigenvalue weighted by Gasteiger charge is 2.40. The van der Waals surface area contributed by atoms with Gasteiger partial charge in [-0.25, -0.2) is 4.98 Å². The zero-order chi connectivity index (χ0) is 21.0. The normalized spacial score (nSPS) is 16.0. The molecule has 3 aromatic rings. The summed E-state index contributed by atoms with van der Waals surface area (Å²) in [6, 6.07) is 7.42. The van der Waals surface area contributed by atoms with Gasteiger partial charge in [-0.1, -0.05) is 17.3 Å². The van der Waals surface area contributed by atoms with E-state index in [1.807, 2.05) is 35.0 Å². The minimum atomic E-state index is -1.44. The van der Waals surface area contributed by atoms with Gasteiger partial charge in [-0.05, 0) is 18.6 Å². The van der Waals surface area contributed by atoms with Crippen molar-refractivity contribution in [2.45, 2.75) is 37.8 Å². The first-order valence-corrected chi connectivity index (χ1v) is 10.1. The number of para-hydroxylation sites is 1. The van der Waals surface area contributed by atoms with Crippen molar-refractivity contribution >= 4 is 22.8 Å². The van der Waals surface area contributed by atoms with Crippen LogP contribution >= 0.6 is 0 Å². The monoisotopic (exact) mass is 411 g/mol. The van der Waals surface area contributed by atoms with E-state index < -0.39 is 5.60 Å². The van der Waals surface area contributed by atoms with Crippen LogP contribution in [0.1, 0.15) is 25.0 Å². The summed E-state index contributed by atoms with van der Waals surface area (Å²) in [5.41, 5.74) is -0.183. The van der Waals surface area contributed by atoms with Gasteiger partial charge in [0.05, 0.1) is 12.7 Å². The van der Waals surface area contributed by atoms with Gasteiger partial charge in [0.2, 0.25) is 5.91 Å². The molecule has 158 valence electrons. The number of rotatable bonds is 7. The SMILES string of the molecule is O=C(Cc1noc2ccccc12)N1CCC(O)(C(=O)NCCCn2ccnc2)CC1. The van der Waals surface area contributed by atoms with Gasteiger partial charge in [0, 0.05) is 56.8 Å². The Labute approximate surface area is 173 Å². The molecular weight excluding hydrogens is 386 g/mol. The standard InChI is InChI=1S/C21H25N5O4/c27-19(14-17-16-4-1-2-5-18(16)30-24-17)26-11-6-21(29,7-12-26)20(28)23-8-3-10-25-13-9-22-15-25/h1-2,4-5,9,13,15,29H,3,6-8,10-12,14H2,(H,23,28). The van der Waals surface area contributed by atoms with E-state index in [-0.39, 0.29) is 31.1 Å². The van der Waals surface area contributed by atoms with Crippen LogP contribution < -0.4 is 5.32 Å². The van der Waals surface area contributed by atoms with Crippen LogP contribution in [0.2, 0.25) is 0 Å². The first kappa shape index (κ1) is 20.1. The fourth-order valence-corrected chi connectivity index (χ4v) is 3.72. The van der Waals surface area contributed by atoms with Crippen LogP contribution in [-0.4, -0.2) is 61.8 Å². The molecule has 4 rings (SSSR count). The Hall–Kier alpha value is -3.20. The average Bonchev–Trinajstić information content (AvgIpc) is 3.42. The van der Waals surface area contributed by atoms with Crippen molar-refractivity contribution in [3.8, 4) is 0 Å². The number of carbonyl (C=O) groups excluding carboxylic acids is 2. The third-order valence-electron chi connectivity index (χ3n) is 5.57. The summed E-state index contributed by atoms with van der Waals surface area (Å²) in [7, 11) is 0. The summed E-state index contributed by atoms with van der Waals surface area (Å²) in [5.74, 6) is -0.459. The van der Waals surface area contributed by atoms with Crippen LogP contribution in [0.25, 0.3) is 11.0 Å². The highest BCUT2D eigenvalue weighted by atomic mass is 16.5. The van der Waals surface area contributed by atoms with Crippen molar-refractivity contribution < 1.29 is 19.2 Å². The molecule has 0 spiro atoms. The van der Waals surface area contributed by atoms with Gasteiger partial charge >= 0.3 is 0 Å². The molecule has 1 aliphatic heterocycles. The summed E-state index contributed by atoms with van der Waals surface area (Å²) in [6.07, 6.45) is 6.61. The highest BCUT2D eigenvalue weighted by Crippen LogP contribution is 2.24. The molecule has 3 heterocycles. The quantitative estimate of drug-likeness (QED) is 0.564. The van der Waals surface area contributed by atoms with E-state index in [1.54, 1.807) is 17.4 Å². The van der Waals surface area contributed by atoms with E-state index in [1.165, 1.54) is 0 Å². The molecule has 0 unspecified atom stereocenters. The second-order valence-corrected chi connectivity index (χ2v) is 7.62. The summed E-state index contributed by atoms with van der Waals surface area (Å²) in [5, 5.41) is 18.4. The Balaban J connectivity index is 1.24. The fraction of sp³-hybridized carbons (Fsp3) is 0.429. The number of nitrogens with one attached hydrogen (secondary N) is 1. The molecule has 2 amide bonds. The van der Waals surface area contributed by atoms with Crippen molar-refractivity contribution in [3.63, 3.8) is 0 Å². The van der Waals surface area contributed by atoms with Gasteiger partial charge in [-0.2, -0.15) is 0 Å². The molecule has 1 aromatic carbocycles. The number of aliphatic hydroxyl groups is 1. The van der Waals surface area contributed by atoms with Crippen LogP contribution in [0.5, 0.6) is 0 Å². The zero-order valence-corrected chi connectivity index (χ0v) is 16.7. The van der Waals surface area contributed by atoms with Gasteiger partial charge < -0.3 is 24.4 Å². The second-order valence-electron chi connectivity index (χ2n) is 7.62. The lowest BCUT2D eigenvalue weighted by atomic mass is 9.90. The maximum atomic E-state index is 12.7. The molecule has 9 heteroatoms. The topological polar surface area (TPSA) is 113 Å². The number of imidazole rings is 1. The number of fused-ring (bicyclic) bond motifs is 1. The molecule has 1 aliphatic rings. The van der Waals surface area contributed by atoms with Gasteiger partial charge in [0.15, 0.2) is 5.58 Å². The Kier molecular flexibility index (Phi) is 5.80. The second kappa shape index (κ2) is 8.66. The van der Waals surface area contributed by atoms with Crippen LogP contribution in [0, 0.1) is 0 Å². The third-order valence-corrected chi connectivity index (χ3v) is 5.57. The Bertz CT molecular complexity index is 1010. The summed E-state index contributed by atoms with van der Waals surface area (Å²) in [4.78, 5) is 30.8. The van der Waals surface area contributed by atoms with Crippen molar-refractivity contribution in [3.05, 3.63) is 48.7 Å². The number of carbonyl (C=O) groups is 2. The van der Waals surface area contributed by atoms with E-state index in [9.17, 15) is 14.7 Å². The number of hydrogen-bond donors (Lipinski definition) is 2. The van der Waals surface area contributed by atoms with Gasteiger partial charge in [0.25, 0.3) is 5.91 Å². The van der Waals surface area contributed by atoms with E-state index in [4.69, 9.17) is 4.52 Å². The van der Waals surface area contributed by atoms with Crippen molar-refractivity contribution in [1.82, 2.24) is 24.9 Å². The molecule has 2 N–H and O–H groups in total. The van der Waals surface area contributed by atoms with Crippen LogP contribution in [0.3, 0.4) is 0 Å². The van der Waals surface area contributed by atoms with Gasteiger partial charge in [-0.3, -0.25) is 9.59 Å². The van der Waals surface area contributed by atoms with E-state index >= 15 is 0 Å². The largest absolute Gasteiger partial charge is 0.380 e. The fourth-order valence-electron chi connectivity index (χ4n) is 3.72. The lowest BCUT2D eigenvalue weighted by Crippen LogP contribution is -2.55. The molecule has 30 heavy (non-hydrogen) atoms. The molecule has 0 atom stereocenters. The first-order valence-electron chi connectivity index (χ1n) is 10.1. The number of aryl methyl sites for hydroxylation is 1. The minimum Gasteiger partial charge on any atom is -0.380 e. The molecule has 0 radical (unpaired) electrons. The predicted octanol–water partition coefficient (Wildman–Crippen LogP) is 1.13. The zero-order valence-electron chi connectivity index (χ0n) is 16.7. The molecule has 1 saturated heterocycles. The average molecular weight is 411 g/mol. The third kappa shape index (κ3) is 4.35. The molecular formula is C21H25N5O4. The molecule has 2 aromatic heterocycles. The van der Waals surface area contributed by atoms with Crippen LogP contribution in [0.4, 0.5) is 0 Å². The maximum Gasteiger partial charge on any atom is 0.252 e. The van der Waals surface area contributed by atoms with Crippen molar-refractivity contribution in [2.24, 2.45) is 0 Å². The first-order chi connectivity index (χ1) is 14.5. The number of amides is 2. The molecule has 0 bridgehead atoms. The number of hydrogen-bond acceptors (Lipinski definition) is 6.